The maximum atomic E-state index is 11.3. The number of hydrogen-bond acceptors (Lipinski definition) is 5. The first-order valence-corrected chi connectivity index (χ1v) is 6.56. The molecule has 0 aromatic heterocycles. The van der Waals surface area contributed by atoms with Crippen LogP contribution in [0, 0.1) is 0 Å². The summed E-state index contributed by atoms with van der Waals surface area (Å²) in [4.78, 5) is 22.3. The molecule has 0 amide bonds. The Labute approximate surface area is 111 Å². The number of carbonyl (C=O) groups excluding carboxylic acids is 2. The minimum atomic E-state index is -0.262. The van der Waals surface area contributed by atoms with E-state index in [1.165, 1.54) is 25.8 Å². The maximum absolute atomic E-state index is 11.3. The first-order valence-electron chi connectivity index (χ1n) is 5.41. The third-order valence-corrected chi connectivity index (χ3v) is 3.35. The zero-order valence-electron chi connectivity index (χ0n) is 10.7. The van der Waals surface area contributed by atoms with Crippen LogP contribution in [0.25, 0.3) is 0 Å². The number of Topliss-reactive ketones (excluding diaryl/α,β-unsaturated/α-hetero) is 1. The van der Waals surface area contributed by atoms with E-state index in [2.05, 4.69) is 4.74 Å². The summed E-state index contributed by atoms with van der Waals surface area (Å²) in [6.45, 7) is 1.52. The molecule has 0 N–H and O–H groups in total. The van der Waals surface area contributed by atoms with Gasteiger partial charge < -0.3 is 9.47 Å². The van der Waals surface area contributed by atoms with Gasteiger partial charge in [-0.3, -0.25) is 9.59 Å². The van der Waals surface area contributed by atoms with E-state index in [-0.39, 0.29) is 17.5 Å². The number of thioether (sulfide) groups is 1. The van der Waals surface area contributed by atoms with Crippen molar-refractivity contribution in [2.24, 2.45) is 0 Å². The Bertz CT molecular complexity index is 443. The van der Waals surface area contributed by atoms with Crippen LogP contribution in [0.2, 0.25) is 0 Å². The molecule has 0 spiro atoms. The molecule has 5 heteroatoms. The molecule has 1 aromatic carbocycles. The van der Waals surface area contributed by atoms with Gasteiger partial charge in [0.15, 0.2) is 5.78 Å². The van der Waals surface area contributed by atoms with E-state index in [9.17, 15) is 9.59 Å². The lowest BCUT2D eigenvalue weighted by Gasteiger charge is -2.09. The van der Waals surface area contributed by atoms with Crippen LogP contribution in [0.5, 0.6) is 5.75 Å². The smallest absolute Gasteiger partial charge is 0.315 e. The number of rotatable bonds is 6. The van der Waals surface area contributed by atoms with E-state index in [1.54, 1.807) is 25.3 Å². The van der Waals surface area contributed by atoms with Crippen molar-refractivity contribution >= 4 is 23.5 Å². The van der Waals surface area contributed by atoms with Crippen molar-refractivity contribution in [2.75, 3.05) is 20.0 Å². The first kappa shape index (κ1) is 14.6. The predicted octanol–water partition coefficient (Wildman–Crippen LogP) is 2.30. The summed E-state index contributed by atoms with van der Waals surface area (Å²) in [6, 6.07) is 5.30. The van der Waals surface area contributed by atoms with Crippen LogP contribution in [0.1, 0.15) is 22.8 Å². The molecular weight excluding hydrogens is 252 g/mol. The lowest BCUT2D eigenvalue weighted by atomic mass is 10.1. The largest absolute Gasteiger partial charge is 0.496 e. The van der Waals surface area contributed by atoms with Crippen LogP contribution in [-0.2, 0) is 15.3 Å². The summed E-state index contributed by atoms with van der Waals surface area (Å²) in [5.41, 5.74) is 1.54. The summed E-state index contributed by atoms with van der Waals surface area (Å²) >= 11 is 1.42. The lowest BCUT2D eigenvalue weighted by Crippen LogP contribution is -2.04. The summed E-state index contributed by atoms with van der Waals surface area (Å²) in [5.74, 6) is 1.35. The Hall–Kier alpha value is -1.49. The van der Waals surface area contributed by atoms with E-state index >= 15 is 0 Å². The number of ketones is 1. The molecule has 0 aliphatic rings. The quantitative estimate of drug-likeness (QED) is 0.585. The Morgan fingerprint density at radius 3 is 2.56 bits per heavy atom. The maximum Gasteiger partial charge on any atom is 0.315 e. The van der Waals surface area contributed by atoms with Gasteiger partial charge in [0.1, 0.15) is 5.75 Å². The summed E-state index contributed by atoms with van der Waals surface area (Å²) in [6.07, 6.45) is 0. The van der Waals surface area contributed by atoms with Gasteiger partial charge in [0.2, 0.25) is 0 Å². The van der Waals surface area contributed by atoms with Crippen LogP contribution >= 0.6 is 11.8 Å². The molecule has 0 bridgehead atoms. The standard InChI is InChI=1S/C13H16O4S/c1-9(14)10-4-5-12(16-2)11(6-10)7-18-8-13(15)17-3/h4-6H,7-8H2,1-3H3. The molecule has 0 aliphatic carbocycles. The van der Waals surface area contributed by atoms with Gasteiger partial charge in [0.05, 0.1) is 20.0 Å². The molecule has 0 saturated carbocycles. The fourth-order valence-electron chi connectivity index (χ4n) is 1.41. The van der Waals surface area contributed by atoms with Crippen molar-refractivity contribution in [2.45, 2.75) is 12.7 Å². The number of ether oxygens (including phenoxy) is 2. The fraction of sp³-hybridized carbons (Fsp3) is 0.385. The SMILES string of the molecule is COC(=O)CSCc1cc(C(C)=O)ccc1OC. The minimum Gasteiger partial charge on any atom is -0.496 e. The highest BCUT2D eigenvalue weighted by Gasteiger charge is 2.08. The number of esters is 1. The molecule has 4 nitrogen and oxygen atoms in total. The molecular formula is C13H16O4S. The molecule has 0 heterocycles. The Kier molecular flexibility index (Phi) is 5.71. The average molecular weight is 268 g/mol. The monoisotopic (exact) mass is 268 g/mol. The highest BCUT2D eigenvalue weighted by Crippen LogP contribution is 2.24. The van der Waals surface area contributed by atoms with Gasteiger partial charge in [0.25, 0.3) is 0 Å². The Balaban J connectivity index is 2.75. The van der Waals surface area contributed by atoms with Gasteiger partial charge in [-0.05, 0) is 25.1 Å². The van der Waals surface area contributed by atoms with E-state index in [0.29, 0.717) is 11.3 Å². The Morgan fingerprint density at radius 1 is 1.28 bits per heavy atom. The molecule has 0 radical (unpaired) electrons. The minimum absolute atomic E-state index is 0.0110. The second-order valence-electron chi connectivity index (χ2n) is 3.65. The van der Waals surface area contributed by atoms with Crippen LogP contribution in [0.15, 0.2) is 18.2 Å². The average Bonchev–Trinajstić information content (AvgIpc) is 2.38. The van der Waals surface area contributed by atoms with Gasteiger partial charge in [-0.25, -0.2) is 0 Å². The van der Waals surface area contributed by atoms with E-state index < -0.39 is 0 Å². The van der Waals surface area contributed by atoms with Crippen molar-refractivity contribution in [3.8, 4) is 5.75 Å². The van der Waals surface area contributed by atoms with Crippen molar-refractivity contribution in [1.29, 1.82) is 0 Å². The zero-order valence-corrected chi connectivity index (χ0v) is 11.5. The van der Waals surface area contributed by atoms with Crippen LogP contribution < -0.4 is 4.74 Å². The number of carbonyl (C=O) groups is 2. The molecule has 1 rings (SSSR count). The summed E-state index contributed by atoms with van der Waals surface area (Å²) < 4.78 is 9.78. The van der Waals surface area contributed by atoms with Gasteiger partial charge in [-0.15, -0.1) is 11.8 Å². The molecule has 1 aromatic rings. The zero-order chi connectivity index (χ0) is 13.5. The van der Waals surface area contributed by atoms with Gasteiger partial charge in [-0.2, -0.15) is 0 Å². The van der Waals surface area contributed by atoms with E-state index in [0.717, 1.165) is 11.3 Å². The third kappa shape index (κ3) is 4.07. The van der Waals surface area contributed by atoms with Crippen molar-refractivity contribution < 1.29 is 19.1 Å². The van der Waals surface area contributed by atoms with Crippen LogP contribution in [0.3, 0.4) is 0 Å². The topological polar surface area (TPSA) is 52.6 Å². The number of methoxy groups -OCH3 is 2. The van der Waals surface area contributed by atoms with E-state index in [1.807, 2.05) is 0 Å². The molecule has 0 aliphatic heterocycles. The molecule has 0 atom stereocenters. The van der Waals surface area contributed by atoms with Gasteiger partial charge in [-0.1, -0.05) is 0 Å². The normalized spacial score (nSPS) is 9.94. The lowest BCUT2D eigenvalue weighted by molar-refractivity contribution is -0.137. The number of hydrogen-bond donors (Lipinski definition) is 0. The van der Waals surface area contributed by atoms with Crippen LogP contribution in [0.4, 0.5) is 0 Å². The van der Waals surface area contributed by atoms with E-state index in [4.69, 9.17) is 4.74 Å². The van der Waals surface area contributed by atoms with Crippen molar-refractivity contribution in [3.63, 3.8) is 0 Å². The number of benzene rings is 1. The third-order valence-electron chi connectivity index (χ3n) is 2.39. The Morgan fingerprint density at radius 2 is 2.00 bits per heavy atom. The molecule has 0 unspecified atom stereocenters. The predicted molar refractivity (Wildman–Crippen MR) is 71.2 cm³/mol. The van der Waals surface area contributed by atoms with Gasteiger partial charge in [0, 0.05) is 16.9 Å². The first-order chi connectivity index (χ1) is 8.58. The molecule has 18 heavy (non-hydrogen) atoms. The summed E-state index contributed by atoms with van der Waals surface area (Å²) in [5, 5.41) is 0. The highest BCUT2D eigenvalue weighted by atomic mass is 32.2. The van der Waals surface area contributed by atoms with Crippen molar-refractivity contribution in [3.05, 3.63) is 29.3 Å². The second-order valence-corrected chi connectivity index (χ2v) is 4.64. The van der Waals surface area contributed by atoms with Crippen molar-refractivity contribution in [1.82, 2.24) is 0 Å². The second kappa shape index (κ2) is 7.06. The fourth-order valence-corrected chi connectivity index (χ4v) is 2.25. The summed E-state index contributed by atoms with van der Waals surface area (Å²) in [7, 11) is 2.94. The van der Waals surface area contributed by atoms with Crippen LogP contribution in [-0.4, -0.2) is 31.7 Å². The molecule has 0 fully saturated rings. The molecule has 0 saturated heterocycles. The highest BCUT2D eigenvalue weighted by molar-refractivity contribution is 7.99. The van der Waals surface area contributed by atoms with Gasteiger partial charge >= 0.3 is 5.97 Å². The molecule has 98 valence electrons.